The molecule has 0 aromatic heterocycles. The van der Waals surface area contributed by atoms with Crippen LogP contribution in [0.2, 0.25) is 0 Å². The molecule has 96 valence electrons. The van der Waals surface area contributed by atoms with Gasteiger partial charge in [0.05, 0.1) is 0 Å². The van der Waals surface area contributed by atoms with Crippen LogP contribution in [0.25, 0.3) is 0 Å². The third kappa shape index (κ3) is 1.82. The summed E-state index contributed by atoms with van der Waals surface area (Å²) in [5.74, 6) is 1.77. The molecule has 4 heterocycles. The normalized spacial score (nSPS) is 53.6. The minimum Gasteiger partial charge on any atom is -0.316 e. The quantitative estimate of drug-likeness (QED) is 0.485. The second-order valence-corrected chi connectivity index (χ2v) is 6.40. The van der Waals surface area contributed by atoms with Crippen LogP contribution in [0.5, 0.6) is 0 Å². The third-order valence-electron chi connectivity index (χ3n) is 5.40. The molecule has 4 saturated heterocycles. The summed E-state index contributed by atoms with van der Waals surface area (Å²) in [6.07, 6.45) is 4.08. The highest BCUT2D eigenvalue weighted by Crippen LogP contribution is 2.32. The van der Waals surface area contributed by atoms with Crippen molar-refractivity contribution >= 4 is 0 Å². The molecule has 4 aliphatic rings. The number of hydrogen-bond donors (Lipinski definition) is 4. The Morgan fingerprint density at radius 3 is 2.12 bits per heavy atom. The van der Waals surface area contributed by atoms with Gasteiger partial charge in [0.1, 0.15) is 0 Å². The van der Waals surface area contributed by atoms with E-state index in [4.69, 9.17) is 0 Å². The summed E-state index contributed by atoms with van der Waals surface area (Å²) < 4.78 is 0. The van der Waals surface area contributed by atoms with E-state index in [0.717, 1.165) is 36.0 Å². The Morgan fingerprint density at radius 1 is 0.647 bits per heavy atom. The maximum absolute atomic E-state index is 3.90. The van der Waals surface area contributed by atoms with Crippen molar-refractivity contribution in [2.45, 2.75) is 43.4 Å². The fourth-order valence-corrected chi connectivity index (χ4v) is 4.46. The van der Waals surface area contributed by atoms with E-state index in [9.17, 15) is 0 Å². The minimum atomic E-state index is 0.732. The van der Waals surface area contributed by atoms with E-state index >= 15 is 0 Å². The van der Waals surface area contributed by atoms with Crippen molar-refractivity contribution in [3.8, 4) is 0 Å². The molecule has 0 aromatic carbocycles. The van der Waals surface area contributed by atoms with E-state index < -0.39 is 0 Å². The van der Waals surface area contributed by atoms with E-state index in [1.54, 1.807) is 0 Å². The summed E-state index contributed by atoms with van der Waals surface area (Å²) in [6.45, 7) is 4.85. The fraction of sp³-hybridized carbons (Fsp3) is 1.00. The molecule has 0 bridgehead atoms. The molecule has 6 unspecified atom stereocenters. The van der Waals surface area contributed by atoms with Crippen LogP contribution in [0.1, 0.15) is 19.3 Å². The average molecular weight is 236 g/mol. The number of hydrogen-bond acceptors (Lipinski definition) is 4. The second-order valence-electron chi connectivity index (χ2n) is 6.40. The number of nitrogens with one attached hydrogen (secondary N) is 4. The Balaban J connectivity index is 1.40. The van der Waals surface area contributed by atoms with Crippen molar-refractivity contribution in [3.63, 3.8) is 0 Å². The predicted molar refractivity (Wildman–Crippen MR) is 68.0 cm³/mol. The average Bonchev–Trinajstić information content (AvgIpc) is 3.01. The zero-order valence-corrected chi connectivity index (χ0v) is 10.4. The molecule has 0 radical (unpaired) electrons. The van der Waals surface area contributed by atoms with E-state index in [0.29, 0.717) is 0 Å². The topological polar surface area (TPSA) is 48.1 Å². The summed E-state index contributed by atoms with van der Waals surface area (Å²) in [5, 5.41) is 14.8. The molecule has 4 heteroatoms. The van der Waals surface area contributed by atoms with Gasteiger partial charge in [-0.25, -0.2) is 0 Å². The van der Waals surface area contributed by atoms with Gasteiger partial charge in [-0.05, 0) is 50.7 Å². The number of rotatable bonds is 1. The zero-order chi connectivity index (χ0) is 11.2. The van der Waals surface area contributed by atoms with Crippen LogP contribution in [-0.4, -0.2) is 50.3 Å². The molecular weight excluding hydrogens is 212 g/mol. The van der Waals surface area contributed by atoms with Crippen molar-refractivity contribution in [3.05, 3.63) is 0 Å². The first-order valence-electron chi connectivity index (χ1n) is 7.33. The van der Waals surface area contributed by atoms with Gasteiger partial charge in [0.2, 0.25) is 0 Å². The molecule has 0 aliphatic carbocycles. The van der Waals surface area contributed by atoms with E-state index in [1.165, 1.54) is 45.4 Å². The number of fused-ring (bicyclic) bond motifs is 2. The van der Waals surface area contributed by atoms with E-state index in [1.807, 2.05) is 0 Å². The molecule has 4 aliphatic heterocycles. The Hall–Kier alpha value is -0.160. The maximum Gasteiger partial charge on any atom is 0.0236 e. The van der Waals surface area contributed by atoms with Gasteiger partial charge >= 0.3 is 0 Å². The predicted octanol–water partition coefficient (Wildman–Crippen LogP) is -0.724. The summed E-state index contributed by atoms with van der Waals surface area (Å²) in [4.78, 5) is 0. The molecule has 4 rings (SSSR count). The first-order chi connectivity index (χ1) is 8.40. The lowest BCUT2D eigenvalue weighted by atomic mass is 9.91. The highest BCUT2D eigenvalue weighted by atomic mass is 15.2. The lowest BCUT2D eigenvalue weighted by Gasteiger charge is -2.25. The van der Waals surface area contributed by atoms with Crippen LogP contribution in [0, 0.1) is 11.8 Å². The van der Waals surface area contributed by atoms with Crippen molar-refractivity contribution < 1.29 is 0 Å². The Morgan fingerprint density at radius 2 is 1.35 bits per heavy atom. The highest BCUT2D eigenvalue weighted by molar-refractivity contribution is 5.05. The van der Waals surface area contributed by atoms with Crippen LogP contribution in [-0.2, 0) is 0 Å². The Bertz CT molecular complexity index is 269. The summed E-state index contributed by atoms with van der Waals surface area (Å²) >= 11 is 0. The van der Waals surface area contributed by atoms with Crippen LogP contribution in [0.4, 0.5) is 0 Å². The molecule has 6 atom stereocenters. The summed E-state index contributed by atoms with van der Waals surface area (Å²) in [7, 11) is 0. The van der Waals surface area contributed by atoms with Gasteiger partial charge in [-0.15, -0.1) is 0 Å². The van der Waals surface area contributed by atoms with Crippen LogP contribution < -0.4 is 21.3 Å². The van der Waals surface area contributed by atoms with Crippen LogP contribution in [0.15, 0.2) is 0 Å². The lowest BCUT2D eigenvalue weighted by molar-refractivity contribution is 0.343. The molecule has 0 aromatic rings. The smallest absolute Gasteiger partial charge is 0.0236 e. The van der Waals surface area contributed by atoms with Gasteiger partial charge in [0.15, 0.2) is 0 Å². The van der Waals surface area contributed by atoms with Crippen molar-refractivity contribution in [2.24, 2.45) is 11.8 Å². The standard InChI is InChI=1S/C13H24N4/c1-2-14-5-8-3-11(16-10(1)8)12-4-9-6-15-7-13(9)17-12/h8-17H,1-7H2. The first-order valence-corrected chi connectivity index (χ1v) is 7.33. The van der Waals surface area contributed by atoms with E-state index in [-0.39, 0.29) is 0 Å². The molecule has 0 spiro atoms. The zero-order valence-electron chi connectivity index (χ0n) is 10.4. The Kier molecular flexibility index (Phi) is 2.65. The Labute approximate surface area is 103 Å². The molecular formula is C13H24N4. The van der Waals surface area contributed by atoms with Crippen LogP contribution in [0.3, 0.4) is 0 Å². The van der Waals surface area contributed by atoms with Gasteiger partial charge in [0, 0.05) is 30.7 Å². The minimum absolute atomic E-state index is 0.732. The van der Waals surface area contributed by atoms with Gasteiger partial charge in [-0.3, -0.25) is 0 Å². The molecule has 4 fully saturated rings. The molecule has 4 N–H and O–H groups in total. The van der Waals surface area contributed by atoms with Crippen molar-refractivity contribution in [2.75, 3.05) is 26.2 Å². The molecule has 17 heavy (non-hydrogen) atoms. The van der Waals surface area contributed by atoms with Gasteiger partial charge in [-0.2, -0.15) is 0 Å². The highest BCUT2D eigenvalue weighted by Gasteiger charge is 2.44. The largest absolute Gasteiger partial charge is 0.316 e. The van der Waals surface area contributed by atoms with E-state index in [2.05, 4.69) is 21.3 Å². The van der Waals surface area contributed by atoms with Gasteiger partial charge in [0.25, 0.3) is 0 Å². The summed E-state index contributed by atoms with van der Waals surface area (Å²) in [5.41, 5.74) is 0. The monoisotopic (exact) mass is 236 g/mol. The molecule has 0 saturated carbocycles. The maximum atomic E-state index is 3.90. The third-order valence-corrected chi connectivity index (χ3v) is 5.40. The van der Waals surface area contributed by atoms with Crippen molar-refractivity contribution in [1.82, 2.24) is 21.3 Å². The second kappa shape index (κ2) is 4.19. The van der Waals surface area contributed by atoms with Gasteiger partial charge < -0.3 is 21.3 Å². The fourth-order valence-electron chi connectivity index (χ4n) is 4.46. The van der Waals surface area contributed by atoms with Crippen molar-refractivity contribution in [1.29, 1.82) is 0 Å². The molecule has 0 amide bonds. The molecule has 4 nitrogen and oxygen atoms in total. The number of piperidine rings is 1. The summed E-state index contributed by atoms with van der Waals surface area (Å²) in [6, 6.07) is 3.01. The van der Waals surface area contributed by atoms with Gasteiger partial charge in [-0.1, -0.05) is 0 Å². The first kappa shape index (κ1) is 10.7. The van der Waals surface area contributed by atoms with Crippen LogP contribution >= 0.6 is 0 Å². The lowest BCUT2D eigenvalue weighted by Crippen LogP contribution is -2.47. The SMILES string of the molecule is C1CC2NC(C3CC4CNCC4N3)CC2CN1.